The molecule has 2 heterocycles. The molecule has 0 aliphatic heterocycles. The molecule has 3 N–H and O–H groups in total. The largest absolute Gasteiger partial charge is 0.495 e. The number of nitrogens with one attached hydrogen (secondary N) is 1. The molecule has 0 aliphatic carbocycles. The normalized spacial score (nSPS) is 11.4. The molecule has 31 heavy (non-hydrogen) atoms. The monoisotopic (exact) mass is 457 g/mol. The van der Waals surface area contributed by atoms with Gasteiger partial charge in [0.2, 0.25) is 0 Å². The van der Waals surface area contributed by atoms with Crippen LogP contribution in [0.5, 0.6) is 5.75 Å². The van der Waals surface area contributed by atoms with E-state index in [1.165, 1.54) is 31.6 Å². The quantitative estimate of drug-likeness (QED) is 0.471. The number of ether oxygens (including phenoxy) is 1. The number of nitrogens with two attached hydrogens (primary N) is 1. The summed E-state index contributed by atoms with van der Waals surface area (Å²) in [6, 6.07) is 12.2. The number of nitrogens with zero attached hydrogens (tertiary/aromatic N) is 3. The van der Waals surface area contributed by atoms with Gasteiger partial charge in [-0.2, -0.15) is 0 Å². The summed E-state index contributed by atoms with van der Waals surface area (Å²) in [7, 11) is -2.57. The van der Waals surface area contributed by atoms with Gasteiger partial charge in [-0.25, -0.2) is 18.4 Å². The van der Waals surface area contributed by atoms with Crippen molar-refractivity contribution in [2.24, 2.45) is 0 Å². The summed E-state index contributed by atoms with van der Waals surface area (Å²) in [4.78, 5) is 20.1. The van der Waals surface area contributed by atoms with Crippen molar-refractivity contribution in [1.82, 2.24) is 14.5 Å². The molecule has 0 radical (unpaired) electrons. The summed E-state index contributed by atoms with van der Waals surface area (Å²) in [6.07, 6.45) is 2.83. The second-order valence-corrected chi connectivity index (χ2v) is 8.54. The van der Waals surface area contributed by atoms with Crippen molar-refractivity contribution in [1.29, 1.82) is 0 Å². The third-order valence-corrected chi connectivity index (χ3v) is 6.16. The minimum Gasteiger partial charge on any atom is -0.495 e. The Labute approximate surface area is 182 Å². The van der Waals surface area contributed by atoms with Gasteiger partial charge in [0, 0.05) is 28.7 Å². The molecule has 4 rings (SSSR count). The smallest absolute Gasteiger partial charge is 0.265 e. The maximum atomic E-state index is 12.8. The van der Waals surface area contributed by atoms with Crippen LogP contribution in [0.15, 0.2) is 70.7 Å². The molecule has 158 valence electrons. The topological polar surface area (TPSA) is 129 Å². The summed E-state index contributed by atoms with van der Waals surface area (Å²) in [5.74, 6) is 0.259. The Morgan fingerprint density at radius 3 is 2.55 bits per heavy atom. The standard InChI is InChI=1S/C20H16ClN5O4S/c1-30-16-7-2-12(21)10-17(16)31(28,29)25-13-3-5-14(6-4-13)26-9-8-15(27)18-19(22)23-11-24-20(18)26/h2-11,25H,1H3,(H2,22,23,24). The first-order chi connectivity index (χ1) is 14.8. The number of pyridine rings is 1. The van der Waals surface area contributed by atoms with Gasteiger partial charge in [-0.1, -0.05) is 11.6 Å². The molecule has 0 spiro atoms. The van der Waals surface area contributed by atoms with Crippen LogP contribution in [0.3, 0.4) is 0 Å². The predicted molar refractivity (Wildman–Crippen MR) is 118 cm³/mol. The Hall–Kier alpha value is -3.63. The molecular weight excluding hydrogens is 442 g/mol. The molecule has 0 unspecified atom stereocenters. The molecule has 2 aromatic heterocycles. The van der Waals surface area contributed by atoms with Gasteiger partial charge in [-0.15, -0.1) is 0 Å². The predicted octanol–water partition coefficient (Wildman–Crippen LogP) is 2.83. The number of fused-ring (bicyclic) bond motifs is 1. The molecule has 0 saturated carbocycles. The number of rotatable bonds is 5. The van der Waals surface area contributed by atoms with Gasteiger partial charge in [0.1, 0.15) is 28.2 Å². The van der Waals surface area contributed by atoms with Gasteiger partial charge in [0.15, 0.2) is 11.1 Å². The Bertz CT molecular complexity index is 1450. The van der Waals surface area contributed by atoms with Crippen LogP contribution in [0.25, 0.3) is 16.7 Å². The number of nitrogen functional groups attached to an aromatic ring is 1. The molecule has 0 bridgehead atoms. The Kier molecular flexibility index (Phi) is 5.25. The van der Waals surface area contributed by atoms with Crippen molar-refractivity contribution in [3.63, 3.8) is 0 Å². The van der Waals surface area contributed by atoms with E-state index in [-0.39, 0.29) is 32.3 Å². The maximum Gasteiger partial charge on any atom is 0.265 e. The lowest BCUT2D eigenvalue weighted by atomic mass is 10.2. The van der Waals surface area contributed by atoms with E-state index < -0.39 is 10.0 Å². The second kappa shape index (κ2) is 7.89. The van der Waals surface area contributed by atoms with E-state index in [0.29, 0.717) is 17.0 Å². The van der Waals surface area contributed by atoms with Gasteiger partial charge in [0.05, 0.1) is 7.11 Å². The van der Waals surface area contributed by atoms with Crippen molar-refractivity contribution in [2.45, 2.75) is 4.90 Å². The fraction of sp³-hybridized carbons (Fsp3) is 0.0500. The number of hydrogen-bond acceptors (Lipinski definition) is 7. The summed E-state index contributed by atoms with van der Waals surface area (Å²) in [5.41, 5.74) is 6.85. The van der Waals surface area contributed by atoms with Crippen LogP contribution < -0.4 is 20.6 Å². The molecule has 0 aliphatic rings. The third kappa shape index (κ3) is 3.90. The second-order valence-electron chi connectivity index (χ2n) is 6.46. The number of halogens is 1. The van der Waals surface area contributed by atoms with Crippen molar-refractivity contribution in [2.75, 3.05) is 17.6 Å². The summed E-state index contributed by atoms with van der Waals surface area (Å²) >= 11 is 5.95. The summed E-state index contributed by atoms with van der Waals surface area (Å²) < 4.78 is 34.9. The lowest BCUT2D eigenvalue weighted by molar-refractivity contribution is 0.403. The zero-order valence-corrected chi connectivity index (χ0v) is 17.7. The van der Waals surface area contributed by atoms with Gasteiger partial charge in [-0.05, 0) is 42.5 Å². The molecule has 0 amide bonds. The van der Waals surface area contributed by atoms with Crippen LogP contribution in [0.2, 0.25) is 5.02 Å². The number of hydrogen-bond donors (Lipinski definition) is 2. The van der Waals surface area contributed by atoms with E-state index in [9.17, 15) is 13.2 Å². The SMILES string of the molecule is COc1ccc(Cl)cc1S(=O)(=O)Nc1ccc(-n2ccc(=O)c3c(N)ncnc32)cc1. The van der Waals surface area contributed by atoms with Crippen molar-refractivity contribution in [3.8, 4) is 11.4 Å². The Morgan fingerprint density at radius 2 is 1.84 bits per heavy atom. The first-order valence-corrected chi connectivity index (χ1v) is 10.7. The number of aromatic nitrogens is 3. The number of sulfonamides is 1. The van der Waals surface area contributed by atoms with Crippen molar-refractivity contribution >= 4 is 44.2 Å². The lowest BCUT2D eigenvalue weighted by Gasteiger charge is -2.13. The van der Waals surface area contributed by atoms with Gasteiger partial charge >= 0.3 is 0 Å². The van der Waals surface area contributed by atoms with E-state index in [1.807, 2.05) is 0 Å². The molecule has 0 saturated heterocycles. The first-order valence-electron chi connectivity index (χ1n) is 8.89. The number of anilines is 2. The van der Waals surface area contributed by atoms with Crippen LogP contribution in [0, 0.1) is 0 Å². The molecule has 9 nitrogen and oxygen atoms in total. The van der Waals surface area contributed by atoms with Crippen molar-refractivity contribution < 1.29 is 13.2 Å². The molecule has 2 aromatic carbocycles. The van der Waals surface area contributed by atoms with E-state index >= 15 is 0 Å². The van der Waals surface area contributed by atoms with Crippen LogP contribution in [0.4, 0.5) is 11.5 Å². The summed E-state index contributed by atoms with van der Waals surface area (Å²) in [6.45, 7) is 0. The zero-order valence-electron chi connectivity index (χ0n) is 16.1. The molecule has 0 atom stereocenters. The van der Waals surface area contributed by atoms with Gasteiger partial charge < -0.3 is 15.0 Å². The highest BCUT2D eigenvalue weighted by atomic mass is 35.5. The molecule has 0 fully saturated rings. The third-order valence-electron chi connectivity index (χ3n) is 4.52. The van der Waals surface area contributed by atoms with Gasteiger partial charge in [-0.3, -0.25) is 9.52 Å². The molecule has 4 aromatic rings. The Morgan fingerprint density at radius 1 is 1.10 bits per heavy atom. The van der Waals surface area contributed by atoms with Crippen LogP contribution in [0.1, 0.15) is 0 Å². The van der Waals surface area contributed by atoms with E-state index in [2.05, 4.69) is 14.7 Å². The maximum absolute atomic E-state index is 12.8. The average molecular weight is 458 g/mol. The minimum atomic E-state index is -3.95. The van der Waals surface area contributed by atoms with Crippen LogP contribution in [-0.2, 0) is 10.0 Å². The molecule has 11 heteroatoms. The fourth-order valence-electron chi connectivity index (χ4n) is 3.07. The molecular formula is C20H16ClN5O4S. The van der Waals surface area contributed by atoms with Gasteiger partial charge in [0.25, 0.3) is 10.0 Å². The highest BCUT2D eigenvalue weighted by Crippen LogP contribution is 2.29. The van der Waals surface area contributed by atoms with E-state index in [1.54, 1.807) is 41.1 Å². The highest BCUT2D eigenvalue weighted by Gasteiger charge is 2.20. The lowest BCUT2D eigenvalue weighted by Crippen LogP contribution is -2.14. The minimum absolute atomic E-state index is 0.0786. The van der Waals surface area contributed by atoms with Crippen LogP contribution in [-0.4, -0.2) is 30.1 Å². The van der Waals surface area contributed by atoms with Crippen molar-refractivity contribution in [3.05, 3.63) is 76.3 Å². The first kappa shape index (κ1) is 20.6. The number of benzene rings is 2. The van der Waals surface area contributed by atoms with E-state index in [0.717, 1.165) is 0 Å². The zero-order chi connectivity index (χ0) is 22.2. The van der Waals surface area contributed by atoms with E-state index in [4.69, 9.17) is 22.1 Å². The Balaban J connectivity index is 1.70. The van der Waals surface area contributed by atoms with Crippen LogP contribution >= 0.6 is 11.6 Å². The summed E-state index contributed by atoms with van der Waals surface area (Å²) in [5, 5.41) is 0.478. The fourth-order valence-corrected chi connectivity index (χ4v) is 4.57. The highest BCUT2D eigenvalue weighted by molar-refractivity contribution is 7.92. The average Bonchev–Trinajstić information content (AvgIpc) is 2.74. The number of methoxy groups -OCH3 is 1.